The predicted octanol–water partition coefficient (Wildman–Crippen LogP) is 1.52. The molecule has 0 aromatic heterocycles. The van der Waals surface area contributed by atoms with Crippen molar-refractivity contribution in [1.29, 1.82) is 0 Å². The van der Waals surface area contributed by atoms with Crippen LogP contribution in [0.2, 0.25) is 0 Å². The van der Waals surface area contributed by atoms with Crippen LogP contribution in [0.3, 0.4) is 0 Å². The third kappa shape index (κ3) is 1.95. The molecule has 0 saturated carbocycles. The topological polar surface area (TPSA) is 49.8 Å². The van der Waals surface area contributed by atoms with Crippen LogP contribution in [0.5, 0.6) is 0 Å². The maximum absolute atomic E-state index is 11.9. The molecule has 1 N–H and O–H groups in total. The third-order valence-corrected chi connectivity index (χ3v) is 3.11. The van der Waals surface area contributed by atoms with Gasteiger partial charge in [0.2, 0.25) is 0 Å². The molecule has 0 aromatic rings. The van der Waals surface area contributed by atoms with E-state index in [4.69, 9.17) is 4.74 Å². The molecule has 15 heavy (non-hydrogen) atoms. The van der Waals surface area contributed by atoms with Gasteiger partial charge in [0.1, 0.15) is 5.60 Å². The number of carbonyl (C=O) groups is 1. The SMILES string of the molecule is CC(C)(C)OC(=O)N1[C@@H]2CC[C@@H]1[C@H](O)C2. The van der Waals surface area contributed by atoms with E-state index in [0.29, 0.717) is 6.42 Å². The predicted molar refractivity (Wildman–Crippen MR) is 55.5 cm³/mol. The van der Waals surface area contributed by atoms with Crippen LogP contribution in [0.15, 0.2) is 0 Å². The van der Waals surface area contributed by atoms with Crippen LogP contribution >= 0.6 is 0 Å². The van der Waals surface area contributed by atoms with Gasteiger partial charge in [-0.15, -0.1) is 0 Å². The van der Waals surface area contributed by atoms with Gasteiger partial charge in [-0.2, -0.15) is 0 Å². The first kappa shape index (κ1) is 10.7. The molecule has 1 amide bonds. The fourth-order valence-electron chi connectivity index (χ4n) is 2.56. The van der Waals surface area contributed by atoms with E-state index < -0.39 is 5.60 Å². The summed E-state index contributed by atoms with van der Waals surface area (Å²) in [5.41, 5.74) is -0.454. The summed E-state index contributed by atoms with van der Waals surface area (Å²) in [5.74, 6) is 0. The van der Waals surface area contributed by atoms with Crippen molar-refractivity contribution in [2.45, 2.75) is 63.8 Å². The maximum atomic E-state index is 11.9. The van der Waals surface area contributed by atoms with Crippen LogP contribution in [0.4, 0.5) is 4.79 Å². The minimum Gasteiger partial charge on any atom is -0.444 e. The molecule has 2 rings (SSSR count). The van der Waals surface area contributed by atoms with Gasteiger partial charge in [0.25, 0.3) is 0 Å². The maximum Gasteiger partial charge on any atom is 0.410 e. The molecule has 86 valence electrons. The lowest BCUT2D eigenvalue weighted by Gasteiger charge is -2.27. The zero-order valence-electron chi connectivity index (χ0n) is 9.56. The number of aliphatic hydroxyl groups excluding tert-OH is 1. The van der Waals surface area contributed by atoms with Crippen LogP contribution in [-0.2, 0) is 4.74 Å². The molecule has 0 unspecified atom stereocenters. The number of fused-ring (bicyclic) bond motifs is 2. The largest absolute Gasteiger partial charge is 0.444 e. The van der Waals surface area contributed by atoms with E-state index in [9.17, 15) is 9.90 Å². The molecule has 2 saturated heterocycles. The number of hydrogen-bond donors (Lipinski definition) is 1. The quantitative estimate of drug-likeness (QED) is 0.663. The molecular weight excluding hydrogens is 194 g/mol. The fraction of sp³-hybridized carbons (Fsp3) is 0.909. The summed E-state index contributed by atoms with van der Waals surface area (Å²) in [4.78, 5) is 13.6. The lowest BCUT2D eigenvalue weighted by atomic mass is 9.98. The average Bonchev–Trinajstić information content (AvgIpc) is 2.55. The lowest BCUT2D eigenvalue weighted by molar-refractivity contribution is 0.0170. The summed E-state index contributed by atoms with van der Waals surface area (Å²) in [6.45, 7) is 5.58. The van der Waals surface area contributed by atoms with E-state index in [2.05, 4.69) is 0 Å². The van der Waals surface area contributed by atoms with Crippen molar-refractivity contribution in [3.05, 3.63) is 0 Å². The minimum atomic E-state index is -0.454. The Hall–Kier alpha value is -0.770. The molecule has 2 aliphatic heterocycles. The third-order valence-electron chi connectivity index (χ3n) is 3.11. The fourth-order valence-corrected chi connectivity index (χ4v) is 2.56. The van der Waals surface area contributed by atoms with Crippen molar-refractivity contribution >= 4 is 6.09 Å². The van der Waals surface area contributed by atoms with Crippen molar-refractivity contribution in [1.82, 2.24) is 4.90 Å². The van der Waals surface area contributed by atoms with Crippen molar-refractivity contribution in [3.63, 3.8) is 0 Å². The molecular formula is C11H19NO3. The number of ether oxygens (including phenoxy) is 1. The second-order valence-corrected chi connectivity index (χ2v) is 5.49. The van der Waals surface area contributed by atoms with Gasteiger partial charge in [0, 0.05) is 6.04 Å². The highest BCUT2D eigenvalue weighted by Crippen LogP contribution is 2.38. The van der Waals surface area contributed by atoms with Crippen molar-refractivity contribution in [2.24, 2.45) is 0 Å². The summed E-state index contributed by atoms with van der Waals surface area (Å²) >= 11 is 0. The Kier molecular flexibility index (Phi) is 2.41. The van der Waals surface area contributed by atoms with Crippen molar-refractivity contribution in [2.75, 3.05) is 0 Å². The van der Waals surface area contributed by atoms with Gasteiger partial charge >= 0.3 is 6.09 Å². The second kappa shape index (κ2) is 3.37. The summed E-state index contributed by atoms with van der Waals surface area (Å²) in [5, 5.41) is 9.69. The van der Waals surface area contributed by atoms with Gasteiger partial charge in [0.15, 0.2) is 0 Å². The van der Waals surface area contributed by atoms with Gasteiger partial charge < -0.3 is 9.84 Å². The number of hydrogen-bond acceptors (Lipinski definition) is 3. The first-order chi connectivity index (χ1) is 6.88. The molecule has 3 atom stereocenters. The van der Waals surface area contributed by atoms with Gasteiger partial charge in [0.05, 0.1) is 12.1 Å². The smallest absolute Gasteiger partial charge is 0.410 e. The summed E-state index contributed by atoms with van der Waals surface area (Å²) in [6, 6.07) is 0.185. The molecule has 2 aliphatic rings. The van der Waals surface area contributed by atoms with E-state index in [0.717, 1.165) is 12.8 Å². The van der Waals surface area contributed by atoms with Crippen LogP contribution in [0.25, 0.3) is 0 Å². The molecule has 2 bridgehead atoms. The summed E-state index contributed by atoms with van der Waals surface area (Å²) < 4.78 is 5.33. The Bertz CT molecular complexity index is 271. The molecule has 0 aliphatic carbocycles. The van der Waals surface area contributed by atoms with Crippen LogP contribution < -0.4 is 0 Å². The monoisotopic (exact) mass is 213 g/mol. The summed E-state index contributed by atoms with van der Waals surface area (Å²) in [7, 11) is 0. The molecule has 4 nitrogen and oxygen atoms in total. The highest BCUT2D eigenvalue weighted by atomic mass is 16.6. The molecule has 0 spiro atoms. The number of carbonyl (C=O) groups excluding carboxylic acids is 1. The first-order valence-corrected chi connectivity index (χ1v) is 5.58. The molecule has 0 radical (unpaired) electrons. The van der Waals surface area contributed by atoms with E-state index in [1.54, 1.807) is 4.90 Å². The Labute approximate surface area is 90.2 Å². The Morgan fingerprint density at radius 1 is 1.40 bits per heavy atom. The zero-order chi connectivity index (χ0) is 11.2. The molecule has 2 fully saturated rings. The Morgan fingerprint density at radius 2 is 2.07 bits per heavy atom. The number of aliphatic hydroxyl groups is 1. The van der Waals surface area contributed by atoms with E-state index in [1.807, 2.05) is 20.8 Å². The minimum absolute atomic E-state index is 0.00940. The second-order valence-electron chi connectivity index (χ2n) is 5.49. The highest BCUT2D eigenvalue weighted by molar-refractivity contribution is 5.70. The Balaban J connectivity index is 2.03. The van der Waals surface area contributed by atoms with Crippen molar-refractivity contribution < 1.29 is 14.6 Å². The standard InChI is InChI=1S/C11H19NO3/c1-11(2,3)15-10(14)12-7-4-5-8(12)9(13)6-7/h7-9,13H,4-6H2,1-3H3/t7-,8-,9-/m1/s1. The van der Waals surface area contributed by atoms with Crippen LogP contribution in [-0.4, -0.2) is 39.9 Å². The normalized spacial score (nSPS) is 34.7. The average molecular weight is 213 g/mol. The number of rotatable bonds is 0. The highest BCUT2D eigenvalue weighted by Gasteiger charge is 2.49. The molecule has 0 aromatic carbocycles. The Morgan fingerprint density at radius 3 is 2.47 bits per heavy atom. The number of amides is 1. The van der Waals surface area contributed by atoms with E-state index >= 15 is 0 Å². The van der Waals surface area contributed by atoms with E-state index in [1.165, 1.54) is 0 Å². The van der Waals surface area contributed by atoms with Gasteiger partial charge in [-0.25, -0.2) is 4.79 Å². The number of nitrogens with zero attached hydrogens (tertiary/aromatic N) is 1. The molecule has 2 heterocycles. The first-order valence-electron chi connectivity index (χ1n) is 5.58. The molecule has 4 heteroatoms. The van der Waals surface area contributed by atoms with Gasteiger partial charge in [-0.1, -0.05) is 0 Å². The summed E-state index contributed by atoms with van der Waals surface area (Å²) in [6.07, 6.45) is 2.00. The van der Waals surface area contributed by atoms with Crippen LogP contribution in [0.1, 0.15) is 40.0 Å². The van der Waals surface area contributed by atoms with Gasteiger partial charge in [-0.3, -0.25) is 4.90 Å². The van der Waals surface area contributed by atoms with Crippen molar-refractivity contribution in [3.8, 4) is 0 Å². The zero-order valence-corrected chi connectivity index (χ0v) is 9.56. The lowest BCUT2D eigenvalue weighted by Crippen LogP contribution is -2.41. The van der Waals surface area contributed by atoms with Crippen LogP contribution in [0, 0.1) is 0 Å². The van der Waals surface area contributed by atoms with E-state index in [-0.39, 0.29) is 24.3 Å². The van der Waals surface area contributed by atoms with Gasteiger partial charge in [-0.05, 0) is 40.0 Å².